The highest BCUT2D eigenvalue weighted by Gasteiger charge is 2.19. The van der Waals surface area contributed by atoms with Crippen LogP contribution in [0.1, 0.15) is 0 Å². The van der Waals surface area contributed by atoms with E-state index in [1.54, 1.807) is 0 Å². The molecule has 0 aliphatic heterocycles. The van der Waals surface area contributed by atoms with E-state index in [2.05, 4.69) is 95.6 Å². The number of furan rings is 1. The summed E-state index contributed by atoms with van der Waals surface area (Å²) >= 11 is 0. The maximum atomic E-state index is 6.78. The third-order valence-electron chi connectivity index (χ3n) is 11.6. The summed E-state index contributed by atoms with van der Waals surface area (Å²) in [5.74, 6) is 1.53. The summed E-state index contributed by atoms with van der Waals surface area (Å²) in [6.45, 7) is 0. The zero-order chi connectivity index (χ0) is 41.4. The third kappa shape index (κ3) is 6.04. The molecule has 0 N–H and O–H groups in total. The molecule has 10 heteroatoms. The van der Waals surface area contributed by atoms with Crippen LogP contribution in [0.25, 0.3) is 106 Å². The summed E-state index contributed by atoms with van der Waals surface area (Å²) in [5, 5.41) is 4.39. The Morgan fingerprint density at radius 3 is 1.64 bits per heavy atom. The molecule has 0 amide bonds. The molecule has 0 aliphatic rings. The van der Waals surface area contributed by atoms with Crippen molar-refractivity contribution in [3.63, 3.8) is 0 Å². The van der Waals surface area contributed by atoms with Gasteiger partial charge in [-0.15, -0.1) is 16.4 Å². The highest BCUT2D eigenvalue weighted by molar-refractivity contribution is 6.68. The first-order valence-corrected chi connectivity index (χ1v) is 19.8. The topological polar surface area (TPSA) is 56.7 Å². The molecule has 0 unspecified atom stereocenters. The lowest BCUT2D eigenvalue weighted by Crippen LogP contribution is -2.55. The summed E-state index contributed by atoms with van der Waals surface area (Å²) in [4.78, 5) is 14.9. The minimum atomic E-state index is 0.171. The Hall–Kier alpha value is -7.31. The Kier molecular flexibility index (Phi) is 8.71. The minimum Gasteiger partial charge on any atom is -0.455 e. The van der Waals surface area contributed by atoms with Crippen molar-refractivity contribution in [1.82, 2.24) is 19.5 Å². The van der Waals surface area contributed by atoms with Crippen LogP contribution >= 0.6 is 0 Å². The van der Waals surface area contributed by atoms with Crippen molar-refractivity contribution in [2.45, 2.75) is 0 Å². The highest BCUT2D eigenvalue weighted by atomic mass is 16.3. The van der Waals surface area contributed by atoms with E-state index in [9.17, 15) is 0 Å². The van der Waals surface area contributed by atoms with Gasteiger partial charge in [0.1, 0.15) is 50.4 Å². The van der Waals surface area contributed by atoms with Crippen LogP contribution in [-0.4, -0.2) is 58.8 Å². The van der Waals surface area contributed by atoms with Crippen LogP contribution < -0.4 is 27.3 Å². The van der Waals surface area contributed by atoms with Crippen LogP contribution in [0.2, 0.25) is 0 Å². The van der Waals surface area contributed by atoms with Gasteiger partial charge in [-0.05, 0) is 59.2 Å². The fraction of sp³-hybridized carbons (Fsp3) is 0. The molecule has 0 spiro atoms. The third-order valence-corrected chi connectivity index (χ3v) is 11.6. The molecule has 8 aromatic carbocycles. The van der Waals surface area contributed by atoms with Crippen LogP contribution in [0, 0.1) is 0 Å². The molecular weight excluding hydrogens is 739 g/mol. The van der Waals surface area contributed by atoms with E-state index in [0.29, 0.717) is 23.0 Å². The molecule has 10 radical (unpaired) electrons. The number of nitrogens with zero attached hydrogens (tertiary/aromatic N) is 4. The second-order valence-electron chi connectivity index (χ2n) is 15.1. The minimum absolute atomic E-state index is 0.171. The number of fused-ring (bicyclic) bond motifs is 6. The molecule has 0 aliphatic carbocycles. The van der Waals surface area contributed by atoms with E-state index in [-0.39, 0.29) is 27.3 Å². The lowest BCUT2D eigenvalue weighted by atomic mass is 9.59. The van der Waals surface area contributed by atoms with Crippen LogP contribution in [0.3, 0.4) is 0 Å². The molecule has 0 fully saturated rings. The van der Waals surface area contributed by atoms with Crippen molar-refractivity contribution in [3.05, 3.63) is 164 Å². The van der Waals surface area contributed by atoms with Crippen LogP contribution in [-0.2, 0) is 0 Å². The Morgan fingerprint density at radius 1 is 0.377 bits per heavy atom. The number of hydrogen-bond donors (Lipinski definition) is 0. The number of rotatable bonds is 6. The summed E-state index contributed by atoms with van der Waals surface area (Å²) in [7, 11) is 31.2. The van der Waals surface area contributed by atoms with Gasteiger partial charge in [-0.2, -0.15) is 0 Å². The van der Waals surface area contributed by atoms with Gasteiger partial charge < -0.3 is 8.98 Å². The van der Waals surface area contributed by atoms with E-state index < -0.39 is 0 Å². The molecule has 61 heavy (non-hydrogen) atoms. The SMILES string of the molecule is [B]c1c([B])c([B])c(-c2ccc(-c3nc(-c4ccccc4)nc(-c4ccc5c(c4)oc4c(-c6ccc7c(c6)c6ccccc6n7-c6ccccc6)cccc45)n3)cc2)c([B])c1[B]. The molecule has 11 rings (SSSR count). The second kappa shape index (κ2) is 14.5. The lowest BCUT2D eigenvalue weighted by molar-refractivity contribution is 0.670. The van der Waals surface area contributed by atoms with Crippen molar-refractivity contribution in [1.29, 1.82) is 0 Å². The van der Waals surface area contributed by atoms with Crippen molar-refractivity contribution >= 4 is 110 Å². The molecule has 0 atom stereocenters. The first kappa shape index (κ1) is 36.8. The lowest BCUT2D eigenvalue weighted by Gasteiger charge is -2.21. The van der Waals surface area contributed by atoms with Crippen molar-refractivity contribution < 1.29 is 4.42 Å². The van der Waals surface area contributed by atoms with E-state index in [1.807, 2.05) is 72.8 Å². The average Bonchev–Trinajstić information content (AvgIpc) is 3.86. The fourth-order valence-corrected chi connectivity index (χ4v) is 8.46. The van der Waals surface area contributed by atoms with Crippen molar-refractivity contribution in [3.8, 4) is 62.1 Å². The standard InChI is InChI=1S/C51H27B5N4O/c52-43-42(44(53)46(55)47(56)45(43)54)28-18-20-30(21-19-28)50-57-49(29-10-3-1-4-11-29)58-51(59-50)32-22-24-36-37-16-9-15-34(48(37)61-41(36)27-32)31-23-25-40-38(26-31)35-14-7-8-17-39(35)60(40)33-12-5-2-6-13-33/h1-27H. The molecule has 0 saturated carbocycles. The van der Waals surface area contributed by atoms with Crippen LogP contribution in [0.5, 0.6) is 0 Å². The Morgan fingerprint density at radius 2 is 0.918 bits per heavy atom. The van der Waals surface area contributed by atoms with Gasteiger partial charge in [0.2, 0.25) is 0 Å². The summed E-state index contributed by atoms with van der Waals surface area (Å²) in [6.07, 6.45) is 0. The average molecular weight is 766 g/mol. The van der Waals surface area contributed by atoms with Gasteiger partial charge in [-0.3, -0.25) is 0 Å². The quantitative estimate of drug-likeness (QED) is 0.169. The second-order valence-corrected chi connectivity index (χ2v) is 15.1. The molecule has 3 aromatic heterocycles. The first-order valence-electron chi connectivity index (χ1n) is 19.8. The Labute approximate surface area is 358 Å². The first-order chi connectivity index (χ1) is 29.8. The van der Waals surface area contributed by atoms with E-state index in [0.717, 1.165) is 72.0 Å². The molecule has 0 bridgehead atoms. The smallest absolute Gasteiger partial charge is 0.164 e. The number of hydrogen-bond acceptors (Lipinski definition) is 4. The molecule has 3 heterocycles. The van der Waals surface area contributed by atoms with Gasteiger partial charge in [-0.1, -0.05) is 132 Å². The predicted molar refractivity (Wildman–Crippen MR) is 256 cm³/mol. The zero-order valence-corrected chi connectivity index (χ0v) is 32.7. The highest BCUT2D eigenvalue weighted by Crippen LogP contribution is 2.40. The normalized spacial score (nSPS) is 11.6. The van der Waals surface area contributed by atoms with Crippen molar-refractivity contribution in [2.24, 2.45) is 0 Å². The Balaban J connectivity index is 1.01. The maximum absolute atomic E-state index is 6.78. The van der Waals surface area contributed by atoms with Gasteiger partial charge >= 0.3 is 0 Å². The molecule has 272 valence electrons. The number of para-hydroxylation sites is 3. The maximum Gasteiger partial charge on any atom is 0.164 e. The summed E-state index contributed by atoms with van der Waals surface area (Å²) in [6, 6.07) is 55.6. The van der Waals surface area contributed by atoms with Gasteiger partial charge in [0.25, 0.3) is 0 Å². The summed E-state index contributed by atoms with van der Waals surface area (Å²) < 4.78 is 9.10. The molecular formula is C51H27B5N4O. The molecule has 11 aromatic rings. The number of benzene rings is 8. The van der Waals surface area contributed by atoms with E-state index >= 15 is 0 Å². The zero-order valence-electron chi connectivity index (χ0n) is 32.7. The molecule has 0 saturated heterocycles. The molecule has 5 nitrogen and oxygen atoms in total. The van der Waals surface area contributed by atoms with Crippen LogP contribution in [0.4, 0.5) is 0 Å². The van der Waals surface area contributed by atoms with E-state index in [4.69, 9.17) is 58.6 Å². The largest absolute Gasteiger partial charge is 0.455 e. The van der Waals surface area contributed by atoms with Crippen LogP contribution in [0.15, 0.2) is 168 Å². The van der Waals surface area contributed by atoms with Crippen molar-refractivity contribution in [2.75, 3.05) is 0 Å². The van der Waals surface area contributed by atoms with Gasteiger partial charge in [-0.25, -0.2) is 15.0 Å². The van der Waals surface area contributed by atoms with E-state index in [1.165, 1.54) is 10.8 Å². The fourth-order valence-electron chi connectivity index (χ4n) is 8.46. The monoisotopic (exact) mass is 766 g/mol. The predicted octanol–water partition coefficient (Wildman–Crippen LogP) is 7.17. The summed E-state index contributed by atoms with van der Waals surface area (Å²) in [5.41, 5.74) is 11.8. The van der Waals surface area contributed by atoms with Gasteiger partial charge in [0.15, 0.2) is 17.5 Å². The number of aromatic nitrogens is 4. The van der Waals surface area contributed by atoms with Gasteiger partial charge in [0, 0.05) is 49.5 Å². The Bertz CT molecular complexity index is 3500. The van der Waals surface area contributed by atoms with Gasteiger partial charge in [0.05, 0.1) is 11.0 Å².